The van der Waals surface area contributed by atoms with Gasteiger partial charge in [-0.25, -0.2) is 0 Å². The summed E-state index contributed by atoms with van der Waals surface area (Å²) in [6.07, 6.45) is 5.88. The van der Waals surface area contributed by atoms with E-state index >= 15 is 0 Å². The van der Waals surface area contributed by atoms with E-state index < -0.39 is 13.9 Å². The highest BCUT2D eigenvalue weighted by molar-refractivity contribution is 7.79. The molecular formula is C26H32O2P+. The molecule has 0 aliphatic rings. The molecule has 0 atom stereocenters. The van der Waals surface area contributed by atoms with E-state index in [1.807, 2.05) is 0 Å². The summed E-state index contributed by atoms with van der Waals surface area (Å²) in [6.45, 7) is 2.15. The Morgan fingerprint density at radius 3 is 1.38 bits per heavy atom. The fraction of sp³-hybridized carbons (Fsp3) is 0.269. The lowest BCUT2D eigenvalue weighted by atomic mass is 10.1. The SMILES string of the molecule is CCCCCCCC(=O)O.c1ccc([PH+](c2ccccc2)c2ccccc2)cc1. The Bertz CT molecular complexity index is 710. The molecule has 2 nitrogen and oxygen atoms in total. The van der Waals surface area contributed by atoms with Gasteiger partial charge in [0.2, 0.25) is 0 Å². The number of carbonyl (C=O) groups is 1. The van der Waals surface area contributed by atoms with Gasteiger partial charge in [-0.3, -0.25) is 4.79 Å². The van der Waals surface area contributed by atoms with E-state index in [1.54, 1.807) is 0 Å². The molecule has 29 heavy (non-hydrogen) atoms. The molecule has 0 bridgehead atoms. The molecule has 1 N–H and O–H groups in total. The summed E-state index contributed by atoms with van der Waals surface area (Å²) in [5, 5.41) is 12.6. The van der Waals surface area contributed by atoms with Gasteiger partial charge < -0.3 is 5.11 Å². The molecule has 0 aromatic heterocycles. The van der Waals surface area contributed by atoms with Gasteiger partial charge in [-0.15, -0.1) is 0 Å². The van der Waals surface area contributed by atoms with Crippen molar-refractivity contribution in [3.05, 3.63) is 91.0 Å². The molecule has 3 rings (SSSR count). The molecule has 0 radical (unpaired) electrons. The van der Waals surface area contributed by atoms with Gasteiger partial charge in [0, 0.05) is 6.42 Å². The van der Waals surface area contributed by atoms with E-state index in [0.717, 1.165) is 12.8 Å². The fourth-order valence-corrected chi connectivity index (χ4v) is 5.77. The molecule has 0 aliphatic heterocycles. The van der Waals surface area contributed by atoms with Gasteiger partial charge in [0.25, 0.3) is 0 Å². The van der Waals surface area contributed by atoms with Crippen LogP contribution in [0.5, 0.6) is 0 Å². The standard InChI is InChI=1S/C18H15P.C8H16O2/c1-4-10-16(11-5-1)19(17-12-6-2-7-13-17)18-14-8-3-9-15-18;1-2-3-4-5-6-7-8(9)10/h1-15H;2-7H2,1H3,(H,9,10)/p+1. The Morgan fingerprint density at radius 2 is 1.03 bits per heavy atom. The van der Waals surface area contributed by atoms with Crippen LogP contribution in [-0.2, 0) is 4.79 Å². The van der Waals surface area contributed by atoms with Crippen LogP contribution in [-0.4, -0.2) is 11.1 Å². The summed E-state index contributed by atoms with van der Waals surface area (Å²) in [6, 6.07) is 32.5. The molecule has 3 aromatic carbocycles. The Labute approximate surface area is 176 Å². The van der Waals surface area contributed by atoms with Crippen LogP contribution in [0.3, 0.4) is 0 Å². The van der Waals surface area contributed by atoms with E-state index in [9.17, 15) is 4.79 Å². The van der Waals surface area contributed by atoms with Gasteiger partial charge in [0.15, 0.2) is 0 Å². The molecule has 3 aromatic rings. The second-order valence-corrected chi connectivity index (χ2v) is 9.51. The van der Waals surface area contributed by atoms with E-state index in [2.05, 4.69) is 97.9 Å². The first kappa shape index (κ1) is 22.8. The largest absolute Gasteiger partial charge is 0.481 e. The van der Waals surface area contributed by atoms with Gasteiger partial charge in [-0.1, -0.05) is 87.2 Å². The summed E-state index contributed by atoms with van der Waals surface area (Å²) in [7, 11) is -0.877. The smallest absolute Gasteiger partial charge is 0.303 e. The number of hydrogen-bond donors (Lipinski definition) is 1. The van der Waals surface area contributed by atoms with Crippen LogP contribution >= 0.6 is 7.92 Å². The zero-order valence-electron chi connectivity index (χ0n) is 17.3. The third-order valence-electron chi connectivity index (χ3n) is 4.68. The van der Waals surface area contributed by atoms with Crippen molar-refractivity contribution < 1.29 is 9.90 Å². The summed E-state index contributed by atoms with van der Waals surface area (Å²) in [4.78, 5) is 10.0. The summed E-state index contributed by atoms with van der Waals surface area (Å²) >= 11 is 0. The summed E-state index contributed by atoms with van der Waals surface area (Å²) < 4.78 is 0. The van der Waals surface area contributed by atoms with Crippen molar-refractivity contribution in [2.45, 2.75) is 45.4 Å². The van der Waals surface area contributed by atoms with Crippen molar-refractivity contribution in [3.8, 4) is 0 Å². The first-order valence-corrected chi connectivity index (χ1v) is 12.0. The highest BCUT2D eigenvalue weighted by atomic mass is 31.1. The number of benzene rings is 3. The van der Waals surface area contributed by atoms with E-state index in [1.165, 1.54) is 35.2 Å². The van der Waals surface area contributed by atoms with Crippen LogP contribution < -0.4 is 15.9 Å². The highest BCUT2D eigenvalue weighted by Gasteiger charge is 2.24. The summed E-state index contributed by atoms with van der Waals surface area (Å²) in [5.41, 5.74) is 0. The van der Waals surface area contributed by atoms with Gasteiger partial charge in [0.1, 0.15) is 15.9 Å². The number of rotatable bonds is 9. The van der Waals surface area contributed by atoms with Crippen molar-refractivity contribution in [3.63, 3.8) is 0 Å². The number of aliphatic carboxylic acids is 1. The van der Waals surface area contributed by atoms with Gasteiger partial charge in [-0.2, -0.15) is 0 Å². The summed E-state index contributed by atoms with van der Waals surface area (Å²) in [5.74, 6) is -0.670. The maximum Gasteiger partial charge on any atom is 0.303 e. The molecule has 0 fully saturated rings. The molecule has 0 aliphatic carbocycles. The van der Waals surface area contributed by atoms with Crippen LogP contribution in [0.4, 0.5) is 0 Å². The lowest BCUT2D eigenvalue weighted by Crippen LogP contribution is -2.20. The van der Waals surface area contributed by atoms with Gasteiger partial charge >= 0.3 is 5.97 Å². The molecule has 0 heterocycles. The maximum absolute atomic E-state index is 10.0. The van der Waals surface area contributed by atoms with E-state index in [4.69, 9.17) is 5.11 Å². The van der Waals surface area contributed by atoms with Crippen LogP contribution in [0.25, 0.3) is 0 Å². The predicted octanol–water partition coefficient (Wildman–Crippen LogP) is 5.61. The third-order valence-corrected chi connectivity index (χ3v) is 7.41. The van der Waals surface area contributed by atoms with Gasteiger partial charge in [-0.05, 0) is 42.8 Å². The minimum Gasteiger partial charge on any atom is -0.481 e. The Hall–Kier alpha value is -2.44. The minimum absolute atomic E-state index is 0.337. The van der Waals surface area contributed by atoms with E-state index in [-0.39, 0.29) is 0 Å². The number of unbranched alkanes of at least 4 members (excludes halogenated alkanes) is 4. The van der Waals surface area contributed by atoms with Crippen LogP contribution in [0.2, 0.25) is 0 Å². The highest BCUT2D eigenvalue weighted by Crippen LogP contribution is 2.32. The lowest BCUT2D eigenvalue weighted by molar-refractivity contribution is -0.137. The first-order valence-electron chi connectivity index (χ1n) is 10.5. The van der Waals surface area contributed by atoms with Gasteiger partial charge in [0.05, 0.1) is 7.92 Å². The fourth-order valence-electron chi connectivity index (χ4n) is 3.19. The van der Waals surface area contributed by atoms with Crippen molar-refractivity contribution in [2.75, 3.05) is 0 Å². The number of carboxylic acid groups (broad SMARTS) is 1. The minimum atomic E-state index is -0.877. The molecule has 0 spiro atoms. The first-order chi connectivity index (χ1) is 14.2. The quantitative estimate of drug-likeness (QED) is 0.370. The Balaban J connectivity index is 0.000000257. The molecule has 3 heteroatoms. The molecule has 0 saturated carbocycles. The molecule has 0 saturated heterocycles. The topological polar surface area (TPSA) is 37.3 Å². The average Bonchev–Trinajstić information content (AvgIpc) is 2.76. The third kappa shape index (κ3) is 8.62. The molecule has 0 unspecified atom stereocenters. The molecule has 152 valence electrons. The normalized spacial score (nSPS) is 10.3. The van der Waals surface area contributed by atoms with Crippen LogP contribution in [0.15, 0.2) is 91.0 Å². The van der Waals surface area contributed by atoms with Crippen molar-refractivity contribution >= 4 is 29.8 Å². The lowest BCUT2D eigenvalue weighted by Gasteiger charge is -2.10. The van der Waals surface area contributed by atoms with Crippen molar-refractivity contribution in [2.24, 2.45) is 0 Å². The van der Waals surface area contributed by atoms with E-state index in [0.29, 0.717) is 6.42 Å². The molecule has 0 amide bonds. The predicted molar refractivity (Wildman–Crippen MR) is 128 cm³/mol. The van der Waals surface area contributed by atoms with Crippen molar-refractivity contribution in [1.82, 2.24) is 0 Å². The second kappa shape index (κ2) is 13.7. The number of hydrogen-bond acceptors (Lipinski definition) is 1. The van der Waals surface area contributed by atoms with Crippen LogP contribution in [0, 0.1) is 0 Å². The Kier molecular flexibility index (Phi) is 10.8. The monoisotopic (exact) mass is 407 g/mol. The van der Waals surface area contributed by atoms with Crippen LogP contribution in [0.1, 0.15) is 45.4 Å². The second-order valence-electron chi connectivity index (χ2n) is 7.03. The Morgan fingerprint density at radius 1 is 0.655 bits per heavy atom. The van der Waals surface area contributed by atoms with Crippen molar-refractivity contribution in [1.29, 1.82) is 0 Å². The number of carboxylic acids is 1. The zero-order valence-corrected chi connectivity index (χ0v) is 18.3. The maximum atomic E-state index is 10.0. The molecular weight excluding hydrogens is 375 g/mol. The zero-order chi connectivity index (χ0) is 20.7. The average molecular weight is 408 g/mol.